The lowest BCUT2D eigenvalue weighted by atomic mass is 9.75. The molecular formula is C25H26N2O3. The number of aryl methyl sites for hydroxylation is 1. The van der Waals surface area contributed by atoms with Crippen molar-refractivity contribution in [1.29, 1.82) is 5.26 Å². The Hall–Kier alpha value is -3.13. The summed E-state index contributed by atoms with van der Waals surface area (Å²) in [5.74, 6) is 0.0302. The lowest BCUT2D eigenvalue weighted by Gasteiger charge is -2.47. The maximum Gasteiger partial charge on any atom is 0.410 e. The zero-order chi connectivity index (χ0) is 21.1. The molecule has 0 saturated carbocycles. The van der Waals surface area contributed by atoms with Crippen molar-refractivity contribution in [3.05, 3.63) is 70.8 Å². The number of ether oxygens (including phenoxy) is 1. The molecule has 0 radical (unpaired) electrons. The molecule has 5 nitrogen and oxygen atoms in total. The molecule has 2 aromatic carbocycles. The van der Waals surface area contributed by atoms with Gasteiger partial charge in [-0.1, -0.05) is 36.4 Å². The quantitative estimate of drug-likeness (QED) is 0.673. The van der Waals surface area contributed by atoms with Crippen molar-refractivity contribution in [2.75, 3.05) is 0 Å². The third kappa shape index (κ3) is 4.09. The smallest absolute Gasteiger partial charge is 0.410 e. The minimum atomic E-state index is -0.270. The van der Waals surface area contributed by atoms with Crippen molar-refractivity contribution in [3.8, 4) is 6.07 Å². The number of rotatable bonds is 4. The van der Waals surface area contributed by atoms with Crippen LogP contribution < -0.4 is 0 Å². The molecule has 2 aliphatic heterocycles. The summed E-state index contributed by atoms with van der Waals surface area (Å²) in [7, 11) is 0. The van der Waals surface area contributed by atoms with Crippen molar-refractivity contribution >= 4 is 11.9 Å². The number of nitrogens with zero attached hydrogens (tertiary/aromatic N) is 2. The summed E-state index contributed by atoms with van der Waals surface area (Å²) in [6, 6.07) is 17.2. The molecule has 1 amide bonds. The first-order valence-electron chi connectivity index (χ1n) is 10.6. The van der Waals surface area contributed by atoms with Crippen LogP contribution in [0.5, 0.6) is 0 Å². The number of carbonyl (C=O) groups excluding carboxylic acids is 2. The standard InChI is InChI=1S/C25H26N2O3/c1-17-12-19(10-11-20(17)15-26)24(28)21-13-22-8-5-9-23(14-21)27(22)25(29)30-16-18-6-3-2-4-7-18/h2-4,6-7,10-12,21-23H,5,8-9,13-14,16H2,1H3. The molecule has 0 N–H and O–H groups in total. The minimum Gasteiger partial charge on any atom is -0.445 e. The normalized spacial score (nSPS) is 22.8. The van der Waals surface area contributed by atoms with Gasteiger partial charge in [-0.2, -0.15) is 5.26 Å². The van der Waals surface area contributed by atoms with Crippen LogP contribution in [-0.4, -0.2) is 28.9 Å². The average Bonchev–Trinajstić information content (AvgIpc) is 2.76. The van der Waals surface area contributed by atoms with E-state index in [1.807, 2.05) is 48.2 Å². The van der Waals surface area contributed by atoms with Crippen LogP contribution in [0.1, 0.15) is 59.2 Å². The number of benzene rings is 2. The summed E-state index contributed by atoms with van der Waals surface area (Å²) in [5, 5.41) is 9.12. The number of fused-ring (bicyclic) bond motifs is 2. The van der Waals surface area contributed by atoms with Crippen molar-refractivity contribution in [3.63, 3.8) is 0 Å². The Bertz CT molecular complexity index is 966. The van der Waals surface area contributed by atoms with Crippen molar-refractivity contribution in [2.24, 2.45) is 5.92 Å². The molecule has 154 valence electrons. The van der Waals surface area contributed by atoms with Gasteiger partial charge >= 0.3 is 6.09 Å². The Balaban J connectivity index is 1.44. The summed E-state index contributed by atoms with van der Waals surface area (Å²) in [6.45, 7) is 2.12. The van der Waals surface area contributed by atoms with E-state index in [9.17, 15) is 9.59 Å². The molecule has 4 rings (SSSR count). The Morgan fingerprint density at radius 3 is 2.43 bits per heavy atom. The van der Waals surface area contributed by atoms with E-state index in [1.165, 1.54) is 0 Å². The number of hydrogen-bond acceptors (Lipinski definition) is 4. The van der Waals surface area contributed by atoms with Crippen LogP contribution >= 0.6 is 0 Å². The fourth-order valence-corrected chi connectivity index (χ4v) is 4.87. The molecule has 2 bridgehead atoms. The number of piperidine rings is 2. The summed E-state index contributed by atoms with van der Waals surface area (Å²) < 4.78 is 5.60. The zero-order valence-electron chi connectivity index (χ0n) is 17.2. The van der Waals surface area contributed by atoms with Gasteiger partial charge in [0, 0.05) is 23.6 Å². The monoisotopic (exact) mass is 402 g/mol. The third-order valence-electron chi connectivity index (χ3n) is 6.39. The van der Waals surface area contributed by atoms with Gasteiger partial charge in [0.25, 0.3) is 0 Å². The number of Topliss-reactive ketones (excluding diaryl/α,β-unsaturated/α-hetero) is 1. The van der Waals surface area contributed by atoms with E-state index in [0.29, 0.717) is 24.0 Å². The second-order valence-corrected chi connectivity index (χ2v) is 8.36. The average molecular weight is 402 g/mol. The SMILES string of the molecule is Cc1cc(C(=O)C2CC3CCCC(C2)N3C(=O)OCc2ccccc2)ccc1C#N. The fourth-order valence-electron chi connectivity index (χ4n) is 4.87. The summed E-state index contributed by atoms with van der Waals surface area (Å²) in [6.07, 6.45) is 3.98. The minimum absolute atomic E-state index is 0.0502. The van der Waals surface area contributed by atoms with Crippen LogP contribution in [0.15, 0.2) is 48.5 Å². The maximum absolute atomic E-state index is 13.2. The molecule has 2 unspecified atom stereocenters. The van der Waals surface area contributed by atoms with Gasteiger partial charge < -0.3 is 9.64 Å². The van der Waals surface area contributed by atoms with Gasteiger partial charge in [-0.3, -0.25) is 4.79 Å². The fraction of sp³-hybridized carbons (Fsp3) is 0.400. The molecule has 30 heavy (non-hydrogen) atoms. The largest absolute Gasteiger partial charge is 0.445 e. The lowest BCUT2D eigenvalue weighted by Crippen LogP contribution is -2.55. The summed E-state index contributed by atoms with van der Waals surface area (Å²) in [4.78, 5) is 27.9. The van der Waals surface area contributed by atoms with Crippen LogP contribution in [-0.2, 0) is 11.3 Å². The van der Waals surface area contributed by atoms with Gasteiger partial charge in [-0.15, -0.1) is 0 Å². The molecule has 2 atom stereocenters. The first-order valence-corrected chi connectivity index (χ1v) is 10.6. The second-order valence-electron chi connectivity index (χ2n) is 8.36. The Morgan fingerprint density at radius 1 is 1.10 bits per heavy atom. The topological polar surface area (TPSA) is 70.4 Å². The molecule has 2 aliphatic rings. The molecule has 2 fully saturated rings. The Kier molecular flexibility index (Phi) is 5.85. The molecule has 0 aliphatic carbocycles. The highest BCUT2D eigenvalue weighted by Crippen LogP contribution is 2.39. The second kappa shape index (κ2) is 8.71. The highest BCUT2D eigenvalue weighted by Gasteiger charge is 2.43. The first kappa shape index (κ1) is 20.2. The van der Waals surface area contributed by atoms with E-state index in [1.54, 1.807) is 12.1 Å². The third-order valence-corrected chi connectivity index (χ3v) is 6.39. The van der Waals surface area contributed by atoms with E-state index < -0.39 is 0 Å². The van der Waals surface area contributed by atoms with Crippen molar-refractivity contribution in [2.45, 2.75) is 57.7 Å². The van der Waals surface area contributed by atoms with Crippen molar-refractivity contribution < 1.29 is 14.3 Å². The highest BCUT2D eigenvalue weighted by atomic mass is 16.6. The molecular weight excluding hydrogens is 376 g/mol. The zero-order valence-corrected chi connectivity index (χ0v) is 17.2. The lowest BCUT2D eigenvalue weighted by molar-refractivity contribution is 0.00473. The highest BCUT2D eigenvalue weighted by molar-refractivity contribution is 5.98. The predicted molar refractivity (Wildman–Crippen MR) is 113 cm³/mol. The van der Waals surface area contributed by atoms with Crippen LogP contribution in [0.3, 0.4) is 0 Å². The predicted octanol–water partition coefficient (Wildman–Crippen LogP) is 5.02. The molecule has 2 saturated heterocycles. The number of amides is 1. The van der Waals surface area contributed by atoms with Gasteiger partial charge in [0.2, 0.25) is 0 Å². The van der Waals surface area contributed by atoms with E-state index in [0.717, 1.165) is 30.4 Å². The van der Waals surface area contributed by atoms with Crippen LogP contribution in [0.25, 0.3) is 0 Å². The number of carbonyl (C=O) groups is 2. The van der Waals surface area contributed by atoms with E-state index >= 15 is 0 Å². The van der Waals surface area contributed by atoms with Gasteiger partial charge in [0.1, 0.15) is 6.61 Å². The van der Waals surface area contributed by atoms with E-state index in [4.69, 9.17) is 10.00 Å². The molecule has 5 heteroatoms. The molecule has 2 aromatic rings. The number of hydrogen-bond donors (Lipinski definition) is 0. The summed E-state index contributed by atoms with van der Waals surface area (Å²) >= 11 is 0. The Morgan fingerprint density at radius 2 is 1.80 bits per heavy atom. The van der Waals surface area contributed by atoms with Gasteiger partial charge in [0.05, 0.1) is 11.6 Å². The van der Waals surface area contributed by atoms with E-state index in [-0.39, 0.29) is 36.5 Å². The van der Waals surface area contributed by atoms with Gasteiger partial charge in [0.15, 0.2) is 5.78 Å². The summed E-state index contributed by atoms with van der Waals surface area (Å²) in [5.41, 5.74) is 3.05. The number of ketones is 1. The van der Waals surface area contributed by atoms with Gasteiger partial charge in [-0.25, -0.2) is 4.79 Å². The van der Waals surface area contributed by atoms with Crippen LogP contribution in [0.2, 0.25) is 0 Å². The number of nitriles is 1. The molecule has 0 spiro atoms. The van der Waals surface area contributed by atoms with Gasteiger partial charge in [-0.05, 0) is 62.3 Å². The van der Waals surface area contributed by atoms with Crippen LogP contribution in [0, 0.1) is 24.2 Å². The van der Waals surface area contributed by atoms with Crippen molar-refractivity contribution in [1.82, 2.24) is 4.90 Å². The first-order chi connectivity index (χ1) is 14.6. The molecule has 2 heterocycles. The van der Waals surface area contributed by atoms with Crippen LogP contribution in [0.4, 0.5) is 4.79 Å². The Labute approximate surface area is 177 Å². The maximum atomic E-state index is 13.2. The molecule has 0 aromatic heterocycles. The van der Waals surface area contributed by atoms with E-state index in [2.05, 4.69) is 6.07 Å².